The van der Waals surface area contributed by atoms with Crippen molar-refractivity contribution in [2.75, 3.05) is 20.3 Å². The maximum atomic E-state index is 12.6. The number of allylic oxidation sites excluding steroid dienone is 2. The molecule has 7 nitrogen and oxygen atoms in total. The molecule has 4 aliphatic rings. The quantitative estimate of drug-likeness (QED) is 0.189. The molecule has 4 aliphatic carbocycles. The minimum Gasteiger partial charge on any atom is -0.462 e. The topological polar surface area (TPSA) is 116 Å². The van der Waals surface area contributed by atoms with Gasteiger partial charge in [-0.1, -0.05) is 32.9 Å². The lowest BCUT2D eigenvalue weighted by Crippen LogP contribution is -2.67. The van der Waals surface area contributed by atoms with Gasteiger partial charge in [0.05, 0.1) is 36.4 Å². The molecule has 9 unspecified atom stereocenters. The zero-order chi connectivity index (χ0) is 30.3. The summed E-state index contributed by atoms with van der Waals surface area (Å²) < 4.78 is 11.4. The molecule has 0 aromatic rings. The number of aliphatic hydroxyl groups excluding tert-OH is 4. The van der Waals surface area contributed by atoms with Gasteiger partial charge in [-0.05, 0) is 106 Å². The summed E-state index contributed by atoms with van der Waals surface area (Å²) in [5.41, 5.74) is -1.43. The zero-order valence-corrected chi connectivity index (χ0v) is 26.2. The van der Waals surface area contributed by atoms with Gasteiger partial charge in [-0.15, -0.1) is 6.58 Å². The Bertz CT molecular complexity index is 976. The van der Waals surface area contributed by atoms with Crippen LogP contribution in [0.3, 0.4) is 0 Å². The normalized spacial score (nSPS) is 46.2. The summed E-state index contributed by atoms with van der Waals surface area (Å²) in [7, 11) is 1.72. The summed E-state index contributed by atoms with van der Waals surface area (Å²) in [6, 6.07) is 0. The van der Waals surface area contributed by atoms with E-state index in [0.717, 1.165) is 38.5 Å². The van der Waals surface area contributed by atoms with Crippen molar-refractivity contribution in [3.8, 4) is 0 Å². The van der Waals surface area contributed by atoms with Crippen LogP contribution in [0.1, 0.15) is 86.0 Å². The smallest absolute Gasteiger partial charge is 0.333 e. The van der Waals surface area contributed by atoms with Crippen LogP contribution >= 0.6 is 0 Å². The monoisotopic (exact) mass is 576 g/mol. The number of methoxy groups -OCH3 is 1. The second-order valence-electron chi connectivity index (χ2n) is 14.9. The molecule has 4 fully saturated rings. The van der Waals surface area contributed by atoms with E-state index in [4.69, 9.17) is 9.47 Å². The third-order valence-corrected chi connectivity index (χ3v) is 12.4. The number of rotatable bonds is 8. The molecule has 0 spiro atoms. The van der Waals surface area contributed by atoms with E-state index in [2.05, 4.69) is 13.5 Å². The Hall–Kier alpha value is -1.25. The van der Waals surface area contributed by atoms with Crippen LogP contribution in [0.25, 0.3) is 0 Å². The molecule has 41 heavy (non-hydrogen) atoms. The number of fused-ring (bicyclic) bond motifs is 2. The first-order chi connectivity index (χ1) is 19.3. The molecule has 4 saturated carbocycles. The number of carbonyl (C=O) groups is 1. The maximum absolute atomic E-state index is 12.6. The van der Waals surface area contributed by atoms with E-state index in [-0.39, 0.29) is 30.0 Å². The molecular formula is C34H56O7. The van der Waals surface area contributed by atoms with Crippen LogP contribution in [0.15, 0.2) is 24.3 Å². The fraction of sp³-hybridized carbons (Fsp3) is 0.853. The Morgan fingerprint density at radius 2 is 1.63 bits per heavy atom. The van der Waals surface area contributed by atoms with Crippen LogP contribution in [0.2, 0.25) is 0 Å². The molecule has 0 bridgehead atoms. The predicted octanol–water partition coefficient (Wildman–Crippen LogP) is 4.66. The first kappa shape index (κ1) is 32.7. The van der Waals surface area contributed by atoms with Crippen molar-refractivity contribution < 1.29 is 34.7 Å². The second-order valence-corrected chi connectivity index (χ2v) is 14.9. The van der Waals surface area contributed by atoms with E-state index in [1.807, 2.05) is 19.9 Å². The van der Waals surface area contributed by atoms with Crippen molar-refractivity contribution in [1.29, 1.82) is 0 Å². The van der Waals surface area contributed by atoms with Crippen molar-refractivity contribution in [2.24, 2.45) is 51.8 Å². The van der Waals surface area contributed by atoms with Gasteiger partial charge in [-0.2, -0.15) is 0 Å². The summed E-state index contributed by atoms with van der Waals surface area (Å²) in [4.78, 5) is 12.6. The van der Waals surface area contributed by atoms with Gasteiger partial charge < -0.3 is 29.9 Å². The molecule has 0 aromatic heterocycles. The van der Waals surface area contributed by atoms with Crippen LogP contribution in [0.5, 0.6) is 0 Å². The van der Waals surface area contributed by atoms with E-state index in [1.54, 1.807) is 27.0 Å². The van der Waals surface area contributed by atoms with E-state index in [0.29, 0.717) is 48.7 Å². The van der Waals surface area contributed by atoms with Gasteiger partial charge in [-0.3, -0.25) is 0 Å². The number of carbonyl (C=O) groups excluding carboxylic acids is 1. The fourth-order valence-electron chi connectivity index (χ4n) is 9.94. The fourth-order valence-corrected chi connectivity index (χ4v) is 9.94. The molecule has 7 heteroatoms. The van der Waals surface area contributed by atoms with Crippen molar-refractivity contribution >= 4 is 5.97 Å². The highest BCUT2D eigenvalue weighted by molar-refractivity contribution is 5.87. The molecule has 0 aliphatic heterocycles. The minimum absolute atomic E-state index is 0.0996. The van der Waals surface area contributed by atoms with Crippen molar-refractivity contribution in [3.05, 3.63) is 24.3 Å². The van der Waals surface area contributed by atoms with Crippen molar-refractivity contribution in [1.82, 2.24) is 0 Å². The van der Waals surface area contributed by atoms with Crippen LogP contribution in [0.4, 0.5) is 0 Å². The Kier molecular flexibility index (Phi) is 9.87. The lowest BCUT2D eigenvalue weighted by atomic mass is 9.46. The first-order valence-corrected chi connectivity index (χ1v) is 15.9. The van der Waals surface area contributed by atoms with Crippen molar-refractivity contribution in [3.63, 3.8) is 0 Å². The number of ether oxygens (including phenoxy) is 2. The van der Waals surface area contributed by atoms with Gasteiger partial charge in [0.25, 0.3) is 0 Å². The molecule has 0 radical (unpaired) electrons. The van der Waals surface area contributed by atoms with Gasteiger partial charge >= 0.3 is 5.97 Å². The average molecular weight is 577 g/mol. The lowest BCUT2D eigenvalue weighted by molar-refractivity contribution is -0.250. The largest absolute Gasteiger partial charge is 0.462 e. The Balaban J connectivity index is 1.63. The Morgan fingerprint density at radius 1 is 0.951 bits per heavy atom. The summed E-state index contributed by atoms with van der Waals surface area (Å²) in [6.07, 6.45) is 6.91. The molecule has 4 rings (SSSR count). The number of esters is 1. The Labute approximate surface area is 247 Å². The summed E-state index contributed by atoms with van der Waals surface area (Å²) in [5, 5.41) is 45.7. The van der Waals surface area contributed by atoms with Crippen LogP contribution < -0.4 is 0 Å². The zero-order valence-electron chi connectivity index (χ0n) is 26.2. The van der Waals surface area contributed by atoms with Gasteiger partial charge in [0.15, 0.2) is 0 Å². The standard InChI is InChI=1S/C34H56O7/c1-8-10-24-23(11-13-26-25(24)12-14-27(35)33(26,6)18-40-7)21-15-22-17-32(4,5)29(37)30(38)34(22,28(36)16-21)19-41-31(39)20(3)9-2/h8-9,21-30,35-38H,1,10-19H2,2-7H3/b20-9+/t21?,22?,23?,24?,25?,26?,27?,28-,29?,30+,33-,34?/m1/s1. The van der Waals surface area contributed by atoms with Crippen LogP contribution in [0, 0.1) is 51.8 Å². The molecule has 0 saturated heterocycles. The highest BCUT2D eigenvalue weighted by atomic mass is 16.5. The number of aliphatic hydroxyl groups is 4. The highest BCUT2D eigenvalue weighted by Gasteiger charge is 2.64. The first-order valence-electron chi connectivity index (χ1n) is 15.9. The maximum Gasteiger partial charge on any atom is 0.333 e. The van der Waals surface area contributed by atoms with Gasteiger partial charge in [0.1, 0.15) is 6.61 Å². The highest BCUT2D eigenvalue weighted by Crippen LogP contribution is 2.62. The molecule has 234 valence electrons. The average Bonchev–Trinajstić information content (AvgIpc) is 2.93. The van der Waals surface area contributed by atoms with Gasteiger partial charge in [-0.25, -0.2) is 4.79 Å². The summed E-state index contributed by atoms with van der Waals surface area (Å²) >= 11 is 0. The van der Waals surface area contributed by atoms with E-state index >= 15 is 0 Å². The molecule has 4 N–H and O–H groups in total. The summed E-state index contributed by atoms with van der Waals surface area (Å²) in [5.74, 6) is 1.33. The van der Waals surface area contributed by atoms with Gasteiger partial charge in [0.2, 0.25) is 0 Å². The van der Waals surface area contributed by atoms with Crippen LogP contribution in [-0.4, -0.2) is 71.1 Å². The van der Waals surface area contributed by atoms with E-state index < -0.39 is 35.1 Å². The molecule has 0 aromatic carbocycles. The molecule has 0 amide bonds. The Morgan fingerprint density at radius 3 is 2.27 bits per heavy atom. The van der Waals surface area contributed by atoms with Crippen LogP contribution in [-0.2, 0) is 14.3 Å². The van der Waals surface area contributed by atoms with Gasteiger partial charge in [0, 0.05) is 18.1 Å². The number of hydrogen-bond acceptors (Lipinski definition) is 7. The SMILES string of the molecule is C=CCC1C(C2CC3CC(C)(C)C(O)[C@H](O)C3(COC(=O)/C(C)=C/C)[C@H](O)C2)CCC2C1CCC(O)[C@]2(C)COC. The predicted molar refractivity (Wildman–Crippen MR) is 159 cm³/mol. The lowest BCUT2D eigenvalue weighted by Gasteiger charge is -2.62. The van der Waals surface area contributed by atoms with E-state index in [9.17, 15) is 25.2 Å². The third kappa shape index (κ3) is 5.59. The second kappa shape index (κ2) is 12.4. The minimum atomic E-state index is -1.19. The molecular weight excluding hydrogens is 520 g/mol. The third-order valence-electron chi connectivity index (χ3n) is 12.4. The van der Waals surface area contributed by atoms with Crippen molar-refractivity contribution in [2.45, 2.75) is 110 Å². The summed E-state index contributed by atoms with van der Waals surface area (Å²) in [6.45, 7) is 14.2. The molecule has 0 heterocycles. The molecule has 12 atom stereocenters. The number of hydrogen-bond donors (Lipinski definition) is 4. The van der Waals surface area contributed by atoms with E-state index in [1.165, 1.54) is 0 Å².